The van der Waals surface area contributed by atoms with Gasteiger partial charge in [-0.25, -0.2) is 0 Å². The van der Waals surface area contributed by atoms with Crippen LogP contribution < -0.4 is 4.80 Å². The number of fused-ring (bicyclic) bond motifs is 1. The first-order chi connectivity index (χ1) is 14.2. The average molecular weight is 427 g/mol. The summed E-state index contributed by atoms with van der Waals surface area (Å²) in [5.41, 5.74) is -1.42. The van der Waals surface area contributed by atoms with Crippen LogP contribution in [-0.2, 0) is 6.54 Å². The highest BCUT2D eigenvalue weighted by Crippen LogP contribution is 2.25. The molecule has 0 spiro atoms. The monoisotopic (exact) mass is 427 g/mol. The number of amides is 1. The number of nitrogens with zero attached hydrogens (tertiary/aromatic N) is 5. The van der Waals surface area contributed by atoms with E-state index in [0.717, 1.165) is 29.5 Å². The second-order valence-corrected chi connectivity index (χ2v) is 6.76. The van der Waals surface area contributed by atoms with Crippen LogP contribution in [0, 0.1) is 42.7 Å². The molecule has 3 aromatic rings. The van der Waals surface area contributed by atoms with Crippen molar-refractivity contribution in [2.75, 3.05) is 0 Å². The molecule has 1 heterocycles. The quantitative estimate of drug-likeness (QED) is 0.343. The molecule has 0 bridgehead atoms. The molecular weight excluding hydrogens is 418 g/mol. The molecule has 30 heavy (non-hydrogen) atoms. The number of aromatic nitrogens is 1. The molecule has 0 aliphatic heterocycles. The van der Waals surface area contributed by atoms with Gasteiger partial charge in [-0.3, -0.25) is 35.1 Å². The van der Waals surface area contributed by atoms with Gasteiger partial charge >= 0.3 is 0 Å². The molecular formula is C17H9N5O7S. The summed E-state index contributed by atoms with van der Waals surface area (Å²) in [6, 6.07) is 6.53. The number of carbonyl (C=O) groups excluding carboxylic acids is 1. The van der Waals surface area contributed by atoms with Crippen LogP contribution in [0.1, 0.15) is 10.4 Å². The minimum Gasteiger partial charge on any atom is -0.304 e. The van der Waals surface area contributed by atoms with Gasteiger partial charge in [-0.1, -0.05) is 17.3 Å². The fourth-order valence-electron chi connectivity index (χ4n) is 2.58. The SMILES string of the molecule is C#CCn1c(=NC(=O)c2cc([N+](=O)[O-])cc([N+](=O)[O-])c2)sc2ccc([N+](=O)[O-])cc21. The topological polar surface area (TPSA) is 164 Å². The van der Waals surface area contributed by atoms with Gasteiger partial charge in [0.25, 0.3) is 23.0 Å². The Bertz CT molecular complexity index is 1320. The Morgan fingerprint density at radius 2 is 1.60 bits per heavy atom. The minimum atomic E-state index is -0.964. The smallest absolute Gasteiger partial charge is 0.280 e. The molecule has 0 saturated heterocycles. The molecule has 12 nitrogen and oxygen atoms in total. The fraction of sp³-hybridized carbons (Fsp3) is 0.0588. The summed E-state index contributed by atoms with van der Waals surface area (Å²) in [6.07, 6.45) is 5.35. The molecule has 13 heteroatoms. The number of hydrogen-bond acceptors (Lipinski definition) is 8. The summed E-state index contributed by atoms with van der Waals surface area (Å²) >= 11 is 1.02. The van der Waals surface area contributed by atoms with Gasteiger partial charge in [-0.2, -0.15) is 4.99 Å². The van der Waals surface area contributed by atoms with Gasteiger partial charge in [0.15, 0.2) is 4.80 Å². The molecule has 0 aliphatic carbocycles. The Morgan fingerprint density at radius 1 is 1.00 bits per heavy atom. The van der Waals surface area contributed by atoms with Crippen LogP contribution in [0.4, 0.5) is 17.1 Å². The third-order valence-corrected chi connectivity index (χ3v) is 4.95. The number of thiazole rings is 1. The lowest BCUT2D eigenvalue weighted by atomic mass is 10.1. The minimum absolute atomic E-state index is 0.0532. The first-order valence-corrected chi connectivity index (χ1v) is 8.77. The van der Waals surface area contributed by atoms with E-state index >= 15 is 0 Å². The van der Waals surface area contributed by atoms with Crippen molar-refractivity contribution >= 4 is 44.5 Å². The Balaban J connectivity index is 2.19. The first kappa shape index (κ1) is 20.3. The van der Waals surface area contributed by atoms with E-state index in [9.17, 15) is 35.1 Å². The number of hydrogen-bond donors (Lipinski definition) is 0. The molecule has 0 radical (unpaired) electrons. The van der Waals surface area contributed by atoms with Crippen LogP contribution in [0.3, 0.4) is 0 Å². The van der Waals surface area contributed by atoms with E-state index in [1.165, 1.54) is 22.8 Å². The van der Waals surface area contributed by atoms with Crippen LogP contribution in [0.15, 0.2) is 41.4 Å². The molecule has 150 valence electrons. The number of non-ortho nitro benzene ring substituents is 3. The maximum Gasteiger partial charge on any atom is 0.280 e. The summed E-state index contributed by atoms with van der Waals surface area (Å²) in [5.74, 6) is 1.40. The number of benzene rings is 2. The highest BCUT2D eigenvalue weighted by Gasteiger charge is 2.20. The van der Waals surface area contributed by atoms with E-state index in [-0.39, 0.29) is 22.6 Å². The lowest BCUT2D eigenvalue weighted by molar-refractivity contribution is -0.394. The van der Waals surface area contributed by atoms with Gasteiger partial charge in [0, 0.05) is 24.3 Å². The number of nitro benzene ring substituents is 3. The average Bonchev–Trinajstić information content (AvgIpc) is 3.04. The Labute approximate surface area is 170 Å². The van der Waals surface area contributed by atoms with E-state index in [0.29, 0.717) is 10.2 Å². The van der Waals surface area contributed by atoms with Gasteiger partial charge in [-0.05, 0) is 6.07 Å². The second-order valence-electron chi connectivity index (χ2n) is 5.75. The molecule has 0 atom stereocenters. The Morgan fingerprint density at radius 3 is 2.13 bits per heavy atom. The van der Waals surface area contributed by atoms with Crippen LogP contribution in [-0.4, -0.2) is 25.2 Å². The van der Waals surface area contributed by atoms with Crippen LogP contribution >= 0.6 is 11.3 Å². The standard InChI is InChI=1S/C17H9N5O7S/c1-2-5-19-14-9-11(20(24)25)3-4-15(14)30-17(19)18-16(23)10-6-12(21(26)27)8-13(7-10)22(28)29/h1,3-4,6-9H,5H2. The Kier molecular flexibility index (Phi) is 5.34. The number of carbonyl (C=O) groups is 1. The zero-order valence-electron chi connectivity index (χ0n) is 14.8. The van der Waals surface area contributed by atoms with Crippen molar-refractivity contribution < 1.29 is 19.6 Å². The molecule has 0 aliphatic rings. The molecule has 1 aromatic heterocycles. The summed E-state index contributed by atoms with van der Waals surface area (Å²) in [6.45, 7) is -0.0532. The Hall–Kier alpha value is -4.44. The largest absolute Gasteiger partial charge is 0.304 e. The molecule has 0 fully saturated rings. The summed E-state index contributed by atoms with van der Waals surface area (Å²) < 4.78 is 1.96. The number of nitro groups is 3. The molecule has 0 saturated carbocycles. The number of terminal acetylenes is 1. The van der Waals surface area contributed by atoms with Crippen molar-refractivity contribution in [1.29, 1.82) is 0 Å². The van der Waals surface area contributed by atoms with Crippen LogP contribution in [0.5, 0.6) is 0 Å². The number of rotatable bonds is 5. The van der Waals surface area contributed by atoms with E-state index in [1.807, 2.05) is 0 Å². The molecule has 0 unspecified atom stereocenters. The van der Waals surface area contributed by atoms with Crippen LogP contribution in [0.2, 0.25) is 0 Å². The maximum atomic E-state index is 12.6. The first-order valence-electron chi connectivity index (χ1n) is 7.95. The van der Waals surface area contributed by atoms with Crippen molar-refractivity contribution in [1.82, 2.24) is 4.57 Å². The van der Waals surface area contributed by atoms with Gasteiger partial charge in [0.2, 0.25) is 0 Å². The third-order valence-electron chi connectivity index (χ3n) is 3.89. The molecule has 3 rings (SSSR count). The summed E-state index contributed by atoms with van der Waals surface area (Å²) in [4.78, 5) is 47.3. The van der Waals surface area contributed by atoms with Crippen molar-refractivity contribution in [2.45, 2.75) is 6.54 Å². The molecule has 1 amide bonds. The lowest BCUT2D eigenvalue weighted by Crippen LogP contribution is -2.16. The summed E-state index contributed by atoms with van der Waals surface area (Å²) in [7, 11) is 0. The predicted octanol–water partition coefficient (Wildman–Crippen LogP) is 2.80. The van der Waals surface area contributed by atoms with Crippen molar-refractivity contribution in [3.63, 3.8) is 0 Å². The van der Waals surface area contributed by atoms with Gasteiger partial charge < -0.3 is 4.57 Å². The second kappa shape index (κ2) is 7.89. The van der Waals surface area contributed by atoms with Crippen LogP contribution in [0.25, 0.3) is 10.2 Å². The maximum absolute atomic E-state index is 12.6. The van der Waals surface area contributed by atoms with Crippen molar-refractivity contribution in [3.05, 3.63) is 77.1 Å². The molecule has 0 N–H and O–H groups in total. The predicted molar refractivity (Wildman–Crippen MR) is 105 cm³/mol. The van der Waals surface area contributed by atoms with Gasteiger partial charge in [0.1, 0.15) is 0 Å². The third kappa shape index (κ3) is 3.88. The molecule has 2 aromatic carbocycles. The zero-order chi connectivity index (χ0) is 22.0. The zero-order valence-corrected chi connectivity index (χ0v) is 15.6. The highest BCUT2D eigenvalue weighted by molar-refractivity contribution is 7.16. The van der Waals surface area contributed by atoms with Gasteiger partial charge in [-0.15, -0.1) is 6.42 Å². The van der Waals surface area contributed by atoms with E-state index < -0.39 is 32.1 Å². The van der Waals surface area contributed by atoms with Crippen molar-refractivity contribution in [3.8, 4) is 12.3 Å². The van der Waals surface area contributed by atoms with E-state index in [1.54, 1.807) is 0 Å². The van der Waals surface area contributed by atoms with Gasteiger partial charge in [0.05, 0.1) is 43.2 Å². The fourth-order valence-corrected chi connectivity index (χ4v) is 3.59. The lowest BCUT2D eigenvalue weighted by Gasteiger charge is -2.00. The van der Waals surface area contributed by atoms with E-state index in [2.05, 4.69) is 10.9 Å². The summed E-state index contributed by atoms with van der Waals surface area (Å²) in [5, 5.41) is 33.1. The van der Waals surface area contributed by atoms with E-state index in [4.69, 9.17) is 6.42 Å². The highest BCUT2D eigenvalue weighted by atomic mass is 32.1. The van der Waals surface area contributed by atoms with Crippen molar-refractivity contribution in [2.24, 2.45) is 4.99 Å². The normalized spacial score (nSPS) is 11.2.